The second-order valence-corrected chi connectivity index (χ2v) is 4.65. The Hall–Kier alpha value is -0.440. The molecule has 0 spiro atoms. The van der Waals surface area contributed by atoms with Crippen molar-refractivity contribution in [3.05, 3.63) is 0 Å². The molecule has 0 aromatic heterocycles. The summed E-state index contributed by atoms with van der Waals surface area (Å²) in [5.41, 5.74) is 1.31. The third-order valence-electron chi connectivity index (χ3n) is 3.84. The monoisotopic (exact) mass is 148 g/mol. The molecule has 2 atom stereocenters. The van der Waals surface area contributed by atoms with Gasteiger partial charge in [-0.15, -0.1) is 11.8 Å². The van der Waals surface area contributed by atoms with Gasteiger partial charge in [0.05, 0.1) is 0 Å². The molecule has 0 amide bonds. The highest BCUT2D eigenvalue weighted by Crippen LogP contribution is 2.68. The smallest absolute Gasteiger partial charge is 0.00940 e. The summed E-state index contributed by atoms with van der Waals surface area (Å²) < 4.78 is 0. The Morgan fingerprint density at radius 3 is 1.82 bits per heavy atom. The van der Waals surface area contributed by atoms with Gasteiger partial charge in [-0.1, -0.05) is 13.8 Å². The summed E-state index contributed by atoms with van der Waals surface area (Å²) in [5.74, 6) is 6.47. The summed E-state index contributed by atoms with van der Waals surface area (Å²) >= 11 is 0. The van der Waals surface area contributed by atoms with Gasteiger partial charge in [-0.25, -0.2) is 0 Å². The molecule has 1 saturated carbocycles. The quantitative estimate of drug-likeness (QED) is 0.463. The first-order valence-electron chi connectivity index (χ1n) is 4.62. The number of fused-ring (bicyclic) bond motifs is 1. The molecule has 11 heavy (non-hydrogen) atoms. The van der Waals surface area contributed by atoms with Crippen molar-refractivity contribution in [1.82, 2.24) is 0 Å². The minimum absolute atomic E-state index is 0.655. The second kappa shape index (κ2) is 2.03. The van der Waals surface area contributed by atoms with Gasteiger partial charge in [0.1, 0.15) is 0 Å². The van der Waals surface area contributed by atoms with Crippen LogP contribution in [0.2, 0.25) is 0 Å². The van der Waals surface area contributed by atoms with Gasteiger partial charge in [-0.2, -0.15) is 0 Å². The molecular formula is C11H16. The van der Waals surface area contributed by atoms with Crippen molar-refractivity contribution in [2.24, 2.45) is 10.8 Å². The Bertz CT molecular complexity index is 208. The molecule has 0 N–H and O–H groups in total. The van der Waals surface area contributed by atoms with E-state index >= 15 is 0 Å². The van der Waals surface area contributed by atoms with Crippen molar-refractivity contribution in [2.75, 3.05) is 0 Å². The Balaban J connectivity index is 2.14. The molecule has 0 aromatic rings. The lowest BCUT2D eigenvalue weighted by Crippen LogP contribution is -2.08. The molecule has 2 aliphatic carbocycles. The van der Waals surface area contributed by atoms with Gasteiger partial charge < -0.3 is 0 Å². The van der Waals surface area contributed by atoms with Crippen LogP contribution in [-0.2, 0) is 0 Å². The number of hydrogen-bond acceptors (Lipinski definition) is 0. The maximum atomic E-state index is 3.24. The van der Waals surface area contributed by atoms with Crippen LogP contribution in [0.5, 0.6) is 0 Å². The lowest BCUT2D eigenvalue weighted by Gasteiger charge is -2.17. The summed E-state index contributed by atoms with van der Waals surface area (Å²) in [6.07, 6.45) is 6.36. The molecule has 0 nitrogen and oxygen atoms in total. The molecule has 0 saturated heterocycles. The molecule has 0 unspecified atom stereocenters. The van der Waals surface area contributed by atoms with E-state index in [9.17, 15) is 0 Å². The first kappa shape index (κ1) is 7.22. The van der Waals surface area contributed by atoms with E-state index in [0.29, 0.717) is 10.8 Å². The van der Waals surface area contributed by atoms with E-state index < -0.39 is 0 Å². The lowest BCUT2D eigenvalue weighted by atomic mass is 9.87. The van der Waals surface area contributed by atoms with Gasteiger partial charge in [-0.05, 0) is 30.1 Å². The zero-order valence-corrected chi connectivity index (χ0v) is 7.54. The molecular weight excluding hydrogens is 132 g/mol. The van der Waals surface area contributed by atoms with Gasteiger partial charge in [0.2, 0.25) is 0 Å². The topological polar surface area (TPSA) is 0 Å². The summed E-state index contributed by atoms with van der Waals surface area (Å²) in [6.45, 7) is 4.86. The fourth-order valence-corrected chi connectivity index (χ4v) is 2.45. The highest BCUT2D eigenvalue weighted by atomic mass is 14.6. The Kier molecular flexibility index (Phi) is 1.34. The fraction of sp³-hybridized carbons (Fsp3) is 0.818. The van der Waals surface area contributed by atoms with Crippen LogP contribution in [0.1, 0.15) is 46.0 Å². The Labute approximate surface area is 69.4 Å². The lowest BCUT2D eigenvalue weighted by molar-refractivity contribution is 0.348. The average molecular weight is 148 g/mol. The van der Waals surface area contributed by atoms with Gasteiger partial charge >= 0.3 is 0 Å². The predicted molar refractivity (Wildman–Crippen MR) is 47.1 cm³/mol. The van der Waals surface area contributed by atoms with E-state index in [2.05, 4.69) is 25.7 Å². The summed E-state index contributed by atoms with van der Waals surface area (Å²) in [5, 5.41) is 0. The van der Waals surface area contributed by atoms with Gasteiger partial charge in [-0.3, -0.25) is 0 Å². The van der Waals surface area contributed by atoms with Crippen LogP contribution in [0.4, 0.5) is 0 Å². The van der Waals surface area contributed by atoms with Gasteiger partial charge in [0, 0.05) is 12.8 Å². The highest BCUT2D eigenvalue weighted by molar-refractivity contribution is 5.14. The first-order valence-corrected chi connectivity index (χ1v) is 4.62. The SMILES string of the molecule is C[C@@]12CCC#CCC[C@]1(C)C2. The molecule has 0 radical (unpaired) electrons. The standard InChI is InChI=1S/C11H16/c1-10-7-5-3-4-6-8-11(10,2)9-10/h5-9H2,1-2H3/t10-,11+. The fourth-order valence-electron chi connectivity index (χ4n) is 2.45. The summed E-state index contributed by atoms with van der Waals surface area (Å²) in [6, 6.07) is 0. The zero-order chi connectivity index (χ0) is 7.95. The van der Waals surface area contributed by atoms with Crippen LogP contribution >= 0.6 is 0 Å². The molecule has 2 aliphatic rings. The van der Waals surface area contributed by atoms with Crippen molar-refractivity contribution < 1.29 is 0 Å². The van der Waals surface area contributed by atoms with Crippen LogP contribution in [0.25, 0.3) is 0 Å². The third-order valence-corrected chi connectivity index (χ3v) is 3.84. The van der Waals surface area contributed by atoms with Crippen molar-refractivity contribution in [3.8, 4) is 11.8 Å². The normalized spacial score (nSPS) is 47.8. The van der Waals surface area contributed by atoms with Gasteiger partial charge in [0.15, 0.2) is 0 Å². The second-order valence-electron chi connectivity index (χ2n) is 4.65. The molecule has 0 aliphatic heterocycles. The van der Waals surface area contributed by atoms with E-state index in [1.54, 1.807) is 0 Å². The predicted octanol–water partition coefficient (Wildman–Crippen LogP) is 2.98. The first-order chi connectivity index (χ1) is 5.16. The van der Waals surface area contributed by atoms with E-state index in [1.807, 2.05) is 0 Å². The van der Waals surface area contributed by atoms with Crippen LogP contribution in [0, 0.1) is 22.7 Å². The van der Waals surface area contributed by atoms with Crippen molar-refractivity contribution in [2.45, 2.75) is 46.0 Å². The molecule has 0 aromatic carbocycles. The van der Waals surface area contributed by atoms with Crippen molar-refractivity contribution in [3.63, 3.8) is 0 Å². The number of rotatable bonds is 0. The van der Waals surface area contributed by atoms with Crippen molar-refractivity contribution in [1.29, 1.82) is 0 Å². The summed E-state index contributed by atoms with van der Waals surface area (Å²) in [7, 11) is 0. The van der Waals surface area contributed by atoms with E-state index in [0.717, 1.165) is 12.8 Å². The highest BCUT2D eigenvalue weighted by Gasteiger charge is 2.59. The molecule has 0 heterocycles. The van der Waals surface area contributed by atoms with Crippen LogP contribution < -0.4 is 0 Å². The largest absolute Gasteiger partial charge is 0.103 e. The minimum Gasteiger partial charge on any atom is -0.103 e. The molecule has 0 heteroatoms. The van der Waals surface area contributed by atoms with E-state index in [1.165, 1.54) is 19.3 Å². The van der Waals surface area contributed by atoms with Crippen LogP contribution in [0.3, 0.4) is 0 Å². The average Bonchev–Trinajstić information content (AvgIpc) is 2.39. The maximum Gasteiger partial charge on any atom is 0.00940 e. The summed E-state index contributed by atoms with van der Waals surface area (Å²) in [4.78, 5) is 0. The van der Waals surface area contributed by atoms with Crippen LogP contribution in [-0.4, -0.2) is 0 Å². The minimum atomic E-state index is 0.655. The Morgan fingerprint density at radius 1 is 0.909 bits per heavy atom. The van der Waals surface area contributed by atoms with E-state index in [-0.39, 0.29) is 0 Å². The molecule has 2 rings (SSSR count). The molecule has 1 fully saturated rings. The van der Waals surface area contributed by atoms with Crippen LogP contribution in [0.15, 0.2) is 0 Å². The molecule has 0 bridgehead atoms. The Morgan fingerprint density at radius 2 is 1.36 bits per heavy atom. The van der Waals surface area contributed by atoms with E-state index in [4.69, 9.17) is 0 Å². The number of hydrogen-bond donors (Lipinski definition) is 0. The third kappa shape index (κ3) is 0.984. The molecule has 60 valence electrons. The maximum absolute atomic E-state index is 3.24. The van der Waals surface area contributed by atoms with Crippen molar-refractivity contribution >= 4 is 0 Å². The van der Waals surface area contributed by atoms with Gasteiger partial charge in [0.25, 0.3) is 0 Å². The zero-order valence-electron chi connectivity index (χ0n) is 7.54.